The number of benzene rings is 2. The Labute approximate surface area is 211 Å². The number of carbonyl (C=O) groups is 2. The molecule has 0 atom stereocenters. The van der Waals surface area contributed by atoms with E-state index in [0.29, 0.717) is 41.2 Å². The largest absolute Gasteiger partial charge is 0.409 e. The standard InChI is InChI=1S/C25H24N8O4/c1-37-15-31-14-19(13-27-31)33-22-20(10-11-32(25(22)35)18-8-3-2-4-9-18)21(29-33)24(34)28-17-7-5-6-16(12-17)23(26)30-36/h2-9,12-14,36H,10-11,15H2,1H3,(H2,26,30)(H,28,34). The number of nitrogens with one attached hydrogen (secondary N) is 1. The average molecular weight is 501 g/mol. The zero-order valence-electron chi connectivity index (χ0n) is 19.9. The summed E-state index contributed by atoms with van der Waals surface area (Å²) in [5, 5.41) is 23.6. The van der Waals surface area contributed by atoms with Crippen molar-refractivity contribution in [3.63, 3.8) is 0 Å². The van der Waals surface area contributed by atoms with Gasteiger partial charge in [-0.1, -0.05) is 35.5 Å². The van der Waals surface area contributed by atoms with Gasteiger partial charge in [-0.15, -0.1) is 0 Å². The maximum Gasteiger partial charge on any atom is 0.277 e. The number of amidine groups is 1. The molecular formula is C25H24N8O4. The molecule has 0 bridgehead atoms. The number of carbonyl (C=O) groups excluding carboxylic acids is 2. The number of nitrogens with zero attached hydrogens (tertiary/aromatic N) is 6. The summed E-state index contributed by atoms with van der Waals surface area (Å²) in [4.78, 5) is 28.8. The number of fused-ring (bicyclic) bond motifs is 1. The maximum atomic E-state index is 13.7. The van der Waals surface area contributed by atoms with Crippen LogP contribution in [0, 0.1) is 0 Å². The second-order valence-corrected chi connectivity index (χ2v) is 8.31. The molecule has 0 saturated carbocycles. The van der Waals surface area contributed by atoms with Crippen molar-refractivity contribution in [2.24, 2.45) is 10.9 Å². The van der Waals surface area contributed by atoms with E-state index in [-0.39, 0.29) is 24.2 Å². The second kappa shape index (κ2) is 9.95. The summed E-state index contributed by atoms with van der Waals surface area (Å²) in [5.74, 6) is -0.846. The molecule has 188 valence electrons. The first kappa shape index (κ1) is 23.8. The van der Waals surface area contributed by atoms with Gasteiger partial charge in [0, 0.05) is 36.2 Å². The van der Waals surface area contributed by atoms with E-state index in [0.717, 1.165) is 5.69 Å². The fourth-order valence-electron chi connectivity index (χ4n) is 4.25. The minimum Gasteiger partial charge on any atom is -0.409 e. The van der Waals surface area contributed by atoms with Crippen LogP contribution in [0.3, 0.4) is 0 Å². The Bertz CT molecular complexity index is 1490. The van der Waals surface area contributed by atoms with Crippen molar-refractivity contribution in [1.29, 1.82) is 0 Å². The van der Waals surface area contributed by atoms with E-state index in [9.17, 15) is 9.59 Å². The Kier molecular flexibility index (Phi) is 6.39. The van der Waals surface area contributed by atoms with E-state index in [1.54, 1.807) is 53.4 Å². The normalized spacial score (nSPS) is 13.5. The van der Waals surface area contributed by atoms with Crippen molar-refractivity contribution in [3.8, 4) is 5.69 Å². The molecule has 4 N–H and O–H groups in total. The van der Waals surface area contributed by atoms with E-state index < -0.39 is 5.91 Å². The highest BCUT2D eigenvalue weighted by Crippen LogP contribution is 2.29. The Morgan fingerprint density at radius 2 is 2.00 bits per heavy atom. The van der Waals surface area contributed by atoms with Gasteiger partial charge in [0.1, 0.15) is 18.1 Å². The summed E-state index contributed by atoms with van der Waals surface area (Å²) < 4.78 is 8.14. The zero-order valence-corrected chi connectivity index (χ0v) is 19.9. The number of nitrogens with two attached hydrogens (primary N) is 1. The molecule has 0 spiro atoms. The van der Waals surface area contributed by atoms with Crippen LogP contribution in [-0.4, -0.2) is 56.1 Å². The van der Waals surface area contributed by atoms with E-state index in [2.05, 4.69) is 20.7 Å². The quantitative estimate of drug-likeness (QED) is 0.152. The molecule has 0 aliphatic carbocycles. The van der Waals surface area contributed by atoms with Crippen molar-refractivity contribution in [3.05, 3.63) is 89.5 Å². The van der Waals surface area contributed by atoms with Crippen LogP contribution in [0.1, 0.15) is 32.1 Å². The number of para-hydroxylation sites is 1. The third-order valence-corrected chi connectivity index (χ3v) is 5.95. The highest BCUT2D eigenvalue weighted by molar-refractivity contribution is 6.11. The first-order chi connectivity index (χ1) is 18.0. The molecule has 5 rings (SSSR count). The molecular weight excluding hydrogens is 476 g/mol. The molecule has 0 unspecified atom stereocenters. The van der Waals surface area contributed by atoms with Gasteiger partial charge in [-0.05, 0) is 30.7 Å². The van der Waals surface area contributed by atoms with Gasteiger partial charge in [0.2, 0.25) is 0 Å². The minimum absolute atomic E-state index is 0.0857. The van der Waals surface area contributed by atoms with Gasteiger partial charge in [-0.25, -0.2) is 9.36 Å². The lowest BCUT2D eigenvalue weighted by Gasteiger charge is -2.27. The van der Waals surface area contributed by atoms with Crippen LogP contribution < -0.4 is 16.0 Å². The SMILES string of the molecule is COCn1cc(-n2nc(C(=O)Nc3cccc(/C(N)=N\O)c3)c3c2C(=O)N(c2ccccc2)CC3)cn1. The van der Waals surface area contributed by atoms with Gasteiger partial charge in [-0.2, -0.15) is 10.2 Å². The fraction of sp³-hybridized carbons (Fsp3) is 0.160. The van der Waals surface area contributed by atoms with E-state index in [4.69, 9.17) is 15.7 Å². The van der Waals surface area contributed by atoms with Crippen LogP contribution in [0.15, 0.2) is 72.1 Å². The van der Waals surface area contributed by atoms with Crippen molar-refractivity contribution >= 4 is 29.0 Å². The van der Waals surface area contributed by atoms with E-state index in [1.165, 1.54) is 4.68 Å². The van der Waals surface area contributed by atoms with Crippen LogP contribution in [-0.2, 0) is 17.9 Å². The van der Waals surface area contributed by atoms with Crippen molar-refractivity contribution in [2.45, 2.75) is 13.2 Å². The highest BCUT2D eigenvalue weighted by Gasteiger charge is 2.35. The average Bonchev–Trinajstić information content (AvgIpc) is 3.54. The molecule has 0 fully saturated rings. The predicted octanol–water partition coefficient (Wildman–Crippen LogP) is 2.22. The van der Waals surface area contributed by atoms with Crippen LogP contribution in [0.4, 0.5) is 11.4 Å². The molecule has 1 aliphatic heterocycles. The van der Waals surface area contributed by atoms with Crippen LogP contribution >= 0.6 is 0 Å². The lowest BCUT2D eigenvalue weighted by Crippen LogP contribution is -2.39. The fourth-order valence-corrected chi connectivity index (χ4v) is 4.25. The molecule has 37 heavy (non-hydrogen) atoms. The lowest BCUT2D eigenvalue weighted by atomic mass is 10.0. The number of hydrogen-bond acceptors (Lipinski definition) is 7. The van der Waals surface area contributed by atoms with E-state index >= 15 is 0 Å². The molecule has 12 nitrogen and oxygen atoms in total. The second-order valence-electron chi connectivity index (χ2n) is 8.31. The summed E-state index contributed by atoms with van der Waals surface area (Å²) in [6, 6.07) is 15.9. The Morgan fingerprint density at radius 3 is 2.76 bits per heavy atom. The molecule has 1 aliphatic rings. The predicted molar refractivity (Wildman–Crippen MR) is 135 cm³/mol. The van der Waals surface area contributed by atoms with Gasteiger partial charge >= 0.3 is 0 Å². The number of anilines is 2. The van der Waals surface area contributed by atoms with Crippen molar-refractivity contribution in [2.75, 3.05) is 23.9 Å². The summed E-state index contributed by atoms with van der Waals surface area (Å²) in [7, 11) is 1.55. The summed E-state index contributed by atoms with van der Waals surface area (Å²) >= 11 is 0. The smallest absolute Gasteiger partial charge is 0.277 e. The number of methoxy groups -OCH3 is 1. The number of aromatic nitrogens is 4. The topological polar surface area (TPSA) is 153 Å². The number of oxime groups is 1. The van der Waals surface area contributed by atoms with Gasteiger partial charge in [0.05, 0.1) is 12.4 Å². The molecule has 2 amide bonds. The molecule has 2 aromatic heterocycles. The number of rotatable bonds is 7. The summed E-state index contributed by atoms with van der Waals surface area (Å²) in [6.45, 7) is 0.612. The van der Waals surface area contributed by atoms with Crippen LogP contribution in [0.25, 0.3) is 5.69 Å². The zero-order chi connectivity index (χ0) is 25.9. The molecule has 0 radical (unpaired) electrons. The molecule has 0 saturated heterocycles. The van der Waals surface area contributed by atoms with Crippen LogP contribution in [0.2, 0.25) is 0 Å². The Balaban J connectivity index is 1.55. The Hall–Kier alpha value is -4.97. The maximum absolute atomic E-state index is 13.7. The molecule has 3 heterocycles. The van der Waals surface area contributed by atoms with Gasteiger partial charge < -0.3 is 25.9 Å². The summed E-state index contributed by atoms with van der Waals surface area (Å²) in [6.07, 6.45) is 3.67. The summed E-state index contributed by atoms with van der Waals surface area (Å²) in [5.41, 5.74) is 8.78. The molecule has 4 aromatic rings. The van der Waals surface area contributed by atoms with Gasteiger partial charge in [-0.3, -0.25) is 9.59 Å². The number of hydrogen-bond donors (Lipinski definition) is 3. The molecule has 12 heteroatoms. The van der Waals surface area contributed by atoms with Crippen molar-refractivity contribution in [1.82, 2.24) is 19.6 Å². The Morgan fingerprint density at radius 1 is 1.19 bits per heavy atom. The number of amides is 2. The first-order valence-electron chi connectivity index (χ1n) is 11.4. The first-order valence-corrected chi connectivity index (χ1v) is 11.4. The third kappa shape index (κ3) is 4.52. The van der Waals surface area contributed by atoms with Crippen molar-refractivity contribution < 1.29 is 19.5 Å². The highest BCUT2D eigenvalue weighted by atomic mass is 16.5. The lowest BCUT2D eigenvalue weighted by molar-refractivity contribution is 0.0973. The van der Waals surface area contributed by atoms with Gasteiger partial charge in [0.25, 0.3) is 11.8 Å². The van der Waals surface area contributed by atoms with Crippen LogP contribution in [0.5, 0.6) is 0 Å². The molecule has 2 aromatic carbocycles. The number of ether oxygens (including phenoxy) is 1. The monoisotopic (exact) mass is 500 g/mol. The van der Waals surface area contributed by atoms with Gasteiger partial charge in [0.15, 0.2) is 11.5 Å². The third-order valence-electron chi connectivity index (χ3n) is 5.95. The minimum atomic E-state index is -0.489. The van der Waals surface area contributed by atoms with E-state index in [1.807, 2.05) is 30.3 Å².